The quantitative estimate of drug-likeness (QED) is 0.856. The van der Waals surface area contributed by atoms with E-state index in [1.165, 1.54) is 0 Å². The summed E-state index contributed by atoms with van der Waals surface area (Å²) in [6.07, 6.45) is 0.598. The zero-order valence-electron chi connectivity index (χ0n) is 12.7. The monoisotopic (exact) mass is 369 g/mol. The molecule has 0 aliphatic carbocycles. The van der Waals surface area contributed by atoms with Gasteiger partial charge < -0.3 is 19.9 Å². The summed E-state index contributed by atoms with van der Waals surface area (Å²) in [5.74, 6) is 0.713. The molecule has 2 aliphatic rings. The number of carboxylic acid groups (broad SMARTS) is 1. The molecule has 0 aromatic heterocycles. The Hall–Kier alpha value is -1.27. The fraction of sp³-hybridized carbons (Fsp3) is 0.562. The highest BCUT2D eigenvalue weighted by atomic mass is 79.9. The van der Waals surface area contributed by atoms with Gasteiger partial charge in [0, 0.05) is 12.6 Å². The molecule has 3 rings (SSSR count). The van der Waals surface area contributed by atoms with E-state index in [4.69, 9.17) is 9.47 Å². The van der Waals surface area contributed by atoms with Crippen LogP contribution in [0.15, 0.2) is 10.5 Å². The van der Waals surface area contributed by atoms with E-state index >= 15 is 0 Å². The number of carboxylic acids is 1. The number of ether oxygens (including phenoxy) is 2. The molecule has 1 saturated heterocycles. The minimum absolute atomic E-state index is 0.0330. The Labute approximate surface area is 138 Å². The number of hydrogen-bond donors (Lipinski definition) is 2. The highest BCUT2D eigenvalue weighted by molar-refractivity contribution is 9.10. The van der Waals surface area contributed by atoms with Gasteiger partial charge in [0.2, 0.25) is 0 Å². The first kappa shape index (κ1) is 15.6. The average molecular weight is 370 g/mol. The fourth-order valence-electron chi connectivity index (χ4n) is 3.21. The van der Waals surface area contributed by atoms with Crippen LogP contribution in [-0.4, -0.2) is 30.8 Å². The van der Waals surface area contributed by atoms with Crippen LogP contribution >= 0.6 is 15.9 Å². The average Bonchev–Trinajstić information content (AvgIpc) is 2.96. The molecule has 2 unspecified atom stereocenters. The molecule has 2 atom stereocenters. The summed E-state index contributed by atoms with van der Waals surface area (Å²) >= 11 is 3.66. The minimum Gasteiger partial charge on any atom is -0.486 e. The summed E-state index contributed by atoms with van der Waals surface area (Å²) in [7, 11) is 0. The first-order chi connectivity index (χ1) is 10.5. The molecule has 1 fully saturated rings. The summed E-state index contributed by atoms with van der Waals surface area (Å²) in [4.78, 5) is 11.2. The third kappa shape index (κ3) is 2.70. The van der Waals surface area contributed by atoms with Crippen LogP contribution in [0.25, 0.3) is 0 Å². The van der Waals surface area contributed by atoms with Gasteiger partial charge in [-0.25, -0.2) is 0 Å². The Morgan fingerprint density at radius 1 is 1.41 bits per heavy atom. The van der Waals surface area contributed by atoms with E-state index in [1.54, 1.807) is 0 Å². The van der Waals surface area contributed by atoms with Gasteiger partial charge in [0.15, 0.2) is 11.5 Å². The van der Waals surface area contributed by atoms with Crippen LogP contribution in [0.5, 0.6) is 11.5 Å². The lowest BCUT2D eigenvalue weighted by atomic mass is 9.90. The Kier molecular flexibility index (Phi) is 4.32. The summed E-state index contributed by atoms with van der Waals surface area (Å²) in [6, 6.07) is 2.04. The predicted octanol–water partition coefficient (Wildman–Crippen LogP) is 3.08. The maximum Gasteiger partial charge on any atom is 0.307 e. The molecule has 0 radical (unpaired) electrons. The van der Waals surface area contributed by atoms with Crippen molar-refractivity contribution in [3.05, 3.63) is 21.7 Å². The number of rotatable bonds is 3. The van der Waals surface area contributed by atoms with Crippen molar-refractivity contribution in [2.24, 2.45) is 5.92 Å². The second kappa shape index (κ2) is 6.08. The molecule has 1 aromatic rings. The molecule has 0 spiro atoms. The molecule has 120 valence electrons. The predicted molar refractivity (Wildman–Crippen MR) is 85.7 cm³/mol. The van der Waals surface area contributed by atoms with E-state index in [2.05, 4.69) is 35.1 Å². The summed E-state index contributed by atoms with van der Waals surface area (Å²) in [6.45, 7) is 5.84. The van der Waals surface area contributed by atoms with Crippen molar-refractivity contribution in [1.29, 1.82) is 0 Å². The fourth-order valence-corrected chi connectivity index (χ4v) is 4.21. The summed E-state index contributed by atoms with van der Waals surface area (Å²) in [5, 5.41) is 12.5. The van der Waals surface area contributed by atoms with E-state index in [9.17, 15) is 9.90 Å². The van der Waals surface area contributed by atoms with Gasteiger partial charge in [-0.05, 0) is 45.5 Å². The molecule has 2 heterocycles. The summed E-state index contributed by atoms with van der Waals surface area (Å²) in [5.41, 5.74) is 2.27. The first-order valence-corrected chi connectivity index (χ1v) is 8.36. The van der Waals surface area contributed by atoms with E-state index < -0.39 is 5.97 Å². The SMILES string of the molecule is CC(C)c1c(C2CC(C(=O)O)CN2)cc2c(c1Br)OCCO2. The van der Waals surface area contributed by atoms with Crippen LogP contribution in [-0.2, 0) is 4.79 Å². The largest absolute Gasteiger partial charge is 0.486 e. The van der Waals surface area contributed by atoms with Crippen molar-refractivity contribution < 1.29 is 19.4 Å². The molecule has 22 heavy (non-hydrogen) atoms. The lowest BCUT2D eigenvalue weighted by Gasteiger charge is -2.27. The van der Waals surface area contributed by atoms with Crippen LogP contribution in [0.4, 0.5) is 0 Å². The van der Waals surface area contributed by atoms with Crippen LogP contribution < -0.4 is 14.8 Å². The highest BCUT2D eigenvalue weighted by Gasteiger charge is 2.34. The second-order valence-electron chi connectivity index (χ2n) is 6.10. The van der Waals surface area contributed by atoms with Crippen LogP contribution in [0, 0.1) is 5.92 Å². The zero-order chi connectivity index (χ0) is 15.9. The summed E-state index contributed by atoms with van der Waals surface area (Å²) < 4.78 is 12.4. The van der Waals surface area contributed by atoms with Crippen LogP contribution in [0.2, 0.25) is 0 Å². The van der Waals surface area contributed by atoms with Crippen LogP contribution in [0.3, 0.4) is 0 Å². The van der Waals surface area contributed by atoms with E-state index in [0.717, 1.165) is 27.1 Å². The Bertz CT molecular complexity index is 602. The van der Waals surface area contributed by atoms with E-state index in [1.807, 2.05) is 6.07 Å². The van der Waals surface area contributed by atoms with Crippen molar-refractivity contribution in [2.45, 2.75) is 32.2 Å². The highest BCUT2D eigenvalue weighted by Crippen LogP contribution is 2.47. The molecular weight excluding hydrogens is 350 g/mol. The molecule has 0 amide bonds. The lowest BCUT2D eigenvalue weighted by Crippen LogP contribution is -2.20. The van der Waals surface area contributed by atoms with Gasteiger partial charge in [-0.3, -0.25) is 4.79 Å². The Morgan fingerprint density at radius 3 is 2.77 bits per heavy atom. The number of aliphatic carboxylic acids is 1. The topological polar surface area (TPSA) is 67.8 Å². The number of carbonyl (C=O) groups is 1. The number of fused-ring (bicyclic) bond motifs is 1. The molecular formula is C16H20BrNO4. The number of benzene rings is 1. The molecule has 1 aromatic carbocycles. The van der Waals surface area contributed by atoms with E-state index in [-0.39, 0.29) is 12.0 Å². The Morgan fingerprint density at radius 2 is 2.14 bits per heavy atom. The van der Waals surface area contributed by atoms with Gasteiger partial charge in [0.05, 0.1) is 10.4 Å². The molecule has 2 N–H and O–H groups in total. The number of halogens is 1. The lowest BCUT2D eigenvalue weighted by molar-refractivity contribution is -0.141. The van der Waals surface area contributed by atoms with Crippen LogP contribution in [0.1, 0.15) is 43.4 Å². The van der Waals surface area contributed by atoms with Gasteiger partial charge in [-0.1, -0.05) is 13.8 Å². The van der Waals surface area contributed by atoms with Gasteiger partial charge in [-0.2, -0.15) is 0 Å². The maximum atomic E-state index is 11.2. The van der Waals surface area contributed by atoms with Crippen molar-refractivity contribution in [3.63, 3.8) is 0 Å². The normalized spacial score (nSPS) is 23.8. The molecule has 5 nitrogen and oxygen atoms in total. The van der Waals surface area contributed by atoms with Gasteiger partial charge in [0.1, 0.15) is 13.2 Å². The van der Waals surface area contributed by atoms with Gasteiger partial charge >= 0.3 is 5.97 Å². The smallest absolute Gasteiger partial charge is 0.307 e. The molecule has 2 aliphatic heterocycles. The van der Waals surface area contributed by atoms with Crippen molar-refractivity contribution in [2.75, 3.05) is 19.8 Å². The third-order valence-electron chi connectivity index (χ3n) is 4.28. The molecule has 0 saturated carbocycles. The van der Waals surface area contributed by atoms with Gasteiger partial charge in [0.25, 0.3) is 0 Å². The maximum absolute atomic E-state index is 11.2. The van der Waals surface area contributed by atoms with Crippen molar-refractivity contribution >= 4 is 21.9 Å². The third-order valence-corrected chi connectivity index (χ3v) is 5.06. The first-order valence-electron chi connectivity index (χ1n) is 7.57. The standard InChI is InChI=1S/C16H20BrNO4/c1-8(2)13-10(11-5-9(7-18-11)16(19)20)6-12-15(14(13)17)22-4-3-21-12/h6,8-9,11,18H,3-5,7H2,1-2H3,(H,19,20). The zero-order valence-corrected chi connectivity index (χ0v) is 14.3. The minimum atomic E-state index is -0.738. The van der Waals surface area contributed by atoms with Gasteiger partial charge in [-0.15, -0.1) is 0 Å². The number of hydrogen-bond acceptors (Lipinski definition) is 4. The van der Waals surface area contributed by atoms with Crippen molar-refractivity contribution in [3.8, 4) is 11.5 Å². The molecule has 6 heteroatoms. The Balaban J connectivity index is 2.03. The van der Waals surface area contributed by atoms with Crippen molar-refractivity contribution in [1.82, 2.24) is 5.32 Å². The second-order valence-corrected chi connectivity index (χ2v) is 6.90. The number of nitrogens with one attached hydrogen (secondary N) is 1. The molecule has 0 bridgehead atoms. The van der Waals surface area contributed by atoms with E-state index in [0.29, 0.717) is 32.1 Å².